The van der Waals surface area contributed by atoms with Crippen molar-refractivity contribution in [2.24, 2.45) is 0 Å². The van der Waals surface area contributed by atoms with E-state index in [0.717, 1.165) is 0 Å². The van der Waals surface area contributed by atoms with E-state index in [1.807, 2.05) is 0 Å². The zero-order valence-corrected chi connectivity index (χ0v) is 9.50. The van der Waals surface area contributed by atoms with Crippen LogP contribution in [0.5, 0.6) is 0 Å². The standard InChI is InChI=1S/C4H10O3Si.C2H6O.H3N.H2O/c1-3-6-8(5)7-4-2;1-2-3;;/h3-4H2,1-2H3;3H,2H2,1H3;1H3;1H2. The van der Waals surface area contributed by atoms with Crippen molar-refractivity contribution < 1.29 is 23.9 Å². The average Bonchev–Trinajstić information content (AvgIpc) is 1.90. The lowest BCUT2D eigenvalue weighted by Crippen LogP contribution is -2.11. The van der Waals surface area contributed by atoms with E-state index in [-0.39, 0.29) is 18.2 Å². The molecular formula is C6H21NO5Si. The Morgan fingerprint density at radius 3 is 1.54 bits per heavy atom. The Morgan fingerprint density at radius 1 is 1.15 bits per heavy atom. The topological polar surface area (TPSA) is 122 Å². The van der Waals surface area contributed by atoms with Gasteiger partial charge in [0, 0.05) is 6.61 Å². The molecule has 84 valence electrons. The van der Waals surface area contributed by atoms with E-state index in [9.17, 15) is 4.46 Å². The highest BCUT2D eigenvalue weighted by Crippen LogP contribution is 1.76. The van der Waals surface area contributed by atoms with Crippen LogP contribution in [0.4, 0.5) is 0 Å². The summed E-state index contributed by atoms with van der Waals surface area (Å²) >= 11 is 0. The molecule has 0 unspecified atom stereocenters. The minimum Gasteiger partial charge on any atom is -0.496 e. The summed E-state index contributed by atoms with van der Waals surface area (Å²) in [6.45, 7) is 6.40. The molecule has 0 aliphatic carbocycles. The van der Waals surface area contributed by atoms with Crippen molar-refractivity contribution in [3.8, 4) is 0 Å². The molecule has 0 radical (unpaired) electrons. The van der Waals surface area contributed by atoms with Crippen LogP contribution in [0.3, 0.4) is 0 Å². The molecule has 6 nitrogen and oxygen atoms in total. The summed E-state index contributed by atoms with van der Waals surface area (Å²) in [6, 6.07) is 0. The van der Waals surface area contributed by atoms with Crippen LogP contribution < -0.4 is 6.15 Å². The molecule has 0 heterocycles. The summed E-state index contributed by atoms with van der Waals surface area (Å²) in [5.41, 5.74) is 0. The highest BCUT2D eigenvalue weighted by atomic mass is 28.3. The SMILES string of the molecule is CCO.CCO[Si](=O)OCC.N.O. The Bertz CT molecular complexity index is 85.1. The number of hydrogen-bond donors (Lipinski definition) is 2. The Balaban J connectivity index is -0.0000000720. The van der Waals surface area contributed by atoms with Crippen molar-refractivity contribution in [1.82, 2.24) is 6.15 Å². The lowest BCUT2D eigenvalue weighted by atomic mass is 10.9. The van der Waals surface area contributed by atoms with Crippen molar-refractivity contribution in [3.63, 3.8) is 0 Å². The number of aliphatic hydroxyl groups is 1. The van der Waals surface area contributed by atoms with E-state index in [4.69, 9.17) is 5.11 Å². The summed E-state index contributed by atoms with van der Waals surface area (Å²) in [5.74, 6) is 0. The molecule has 0 rings (SSSR count). The van der Waals surface area contributed by atoms with Gasteiger partial charge >= 0.3 is 9.17 Å². The zero-order chi connectivity index (χ0) is 9.11. The fourth-order valence-corrected chi connectivity index (χ4v) is 0.832. The quantitative estimate of drug-likeness (QED) is 0.629. The summed E-state index contributed by atoms with van der Waals surface area (Å²) < 4.78 is 19.6. The lowest BCUT2D eigenvalue weighted by Gasteiger charge is -1.97. The van der Waals surface area contributed by atoms with Gasteiger partial charge in [-0.1, -0.05) is 0 Å². The molecule has 6 N–H and O–H groups in total. The van der Waals surface area contributed by atoms with E-state index in [0.29, 0.717) is 13.2 Å². The van der Waals surface area contributed by atoms with Gasteiger partial charge in [0.25, 0.3) is 0 Å². The van der Waals surface area contributed by atoms with Crippen LogP contribution in [0.1, 0.15) is 20.8 Å². The van der Waals surface area contributed by atoms with Crippen LogP contribution in [0.15, 0.2) is 0 Å². The van der Waals surface area contributed by atoms with E-state index in [1.165, 1.54) is 0 Å². The number of rotatable bonds is 4. The second-order valence-corrected chi connectivity index (χ2v) is 2.51. The molecule has 0 saturated carbocycles. The molecular weight excluding hydrogens is 194 g/mol. The van der Waals surface area contributed by atoms with Gasteiger partial charge in [-0.05, 0) is 20.8 Å². The van der Waals surface area contributed by atoms with Crippen LogP contribution in [0, 0.1) is 0 Å². The van der Waals surface area contributed by atoms with Crippen molar-refractivity contribution in [3.05, 3.63) is 0 Å². The van der Waals surface area contributed by atoms with E-state index in [2.05, 4.69) is 8.85 Å². The van der Waals surface area contributed by atoms with Crippen LogP contribution >= 0.6 is 0 Å². The maximum atomic E-state index is 10.4. The van der Waals surface area contributed by atoms with Crippen molar-refractivity contribution in [2.45, 2.75) is 20.8 Å². The molecule has 0 aliphatic rings. The van der Waals surface area contributed by atoms with Crippen LogP contribution in [-0.2, 0) is 13.3 Å². The van der Waals surface area contributed by atoms with Gasteiger partial charge < -0.3 is 25.6 Å². The first-order chi connectivity index (χ1) is 5.22. The predicted molar refractivity (Wildman–Crippen MR) is 51.1 cm³/mol. The van der Waals surface area contributed by atoms with Gasteiger partial charge in [-0.2, -0.15) is 0 Å². The first kappa shape index (κ1) is 22.9. The molecule has 0 amide bonds. The Kier molecular flexibility index (Phi) is 39.7. The van der Waals surface area contributed by atoms with Gasteiger partial charge in [0.05, 0.1) is 13.2 Å². The van der Waals surface area contributed by atoms with Crippen molar-refractivity contribution in [1.29, 1.82) is 0 Å². The second-order valence-electron chi connectivity index (χ2n) is 1.43. The molecule has 0 spiro atoms. The average molecular weight is 215 g/mol. The number of aliphatic hydroxyl groups excluding tert-OH is 1. The normalized spacial score (nSPS) is 6.46. The van der Waals surface area contributed by atoms with E-state index >= 15 is 0 Å². The minimum atomic E-state index is -2.14. The fourth-order valence-electron chi connectivity index (χ4n) is 0.277. The van der Waals surface area contributed by atoms with Crippen molar-refractivity contribution in [2.75, 3.05) is 19.8 Å². The Labute approximate surface area is 80.7 Å². The van der Waals surface area contributed by atoms with Crippen LogP contribution in [0.25, 0.3) is 0 Å². The molecule has 13 heavy (non-hydrogen) atoms. The molecule has 0 aromatic heterocycles. The maximum Gasteiger partial charge on any atom is 0.767 e. The van der Waals surface area contributed by atoms with E-state index < -0.39 is 9.17 Å². The predicted octanol–water partition coefficient (Wildman–Crippen LogP) is -0.189. The first-order valence-corrected chi connectivity index (χ1v) is 4.85. The smallest absolute Gasteiger partial charge is 0.496 e. The first-order valence-electron chi connectivity index (χ1n) is 3.63. The van der Waals surface area contributed by atoms with Crippen LogP contribution in [0.2, 0.25) is 0 Å². The van der Waals surface area contributed by atoms with Gasteiger partial charge in [-0.25, -0.2) is 0 Å². The molecule has 0 aromatic carbocycles. The van der Waals surface area contributed by atoms with Gasteiger partial charge in [0.2, 0.25) is 0 Å². The Hall–Kier alpha value is -0.503. The molecule has 7 heteroatoms. The molecule has 0 saturated heterocycles. The zero-order valence-electron chi connectivity index (χ0n) is 8.50. The third kappa shape index (κ3) is 34.3. The highest BCUT2D eigenvalue weighted by Gasteiger charge is 2.05. The molecule has 0 bridgehead atoms. The fraction of sp³-hybridized carbons (Fsp3) is 1.00. The summed E-state index contributed by atoms with van der Waals surface area (Å²) in [7, 11) is -2.14. The second kappa shape index (κ2) is 22.5. The molecule has 0 aromatic rings. The number of hydrogen-bond acceptors (Lipinski definition) is 5. The van der Waals surface area contributed by atoms with E-state index in [1.54, 1.807) is 20.8 Å². The van der Waals surface area contributed by atoms with Gasteiger partial charge in [0.15, 0.2) is 0 Å². The van der Waals surface area contributed by atoms with Gasteiger partial charge in [0.1, 0.15) is 0 Å². The summed E-state index contributed by atoms with van der Waals surface area (Å²) in [6.07, 6.45) is 0. The Morgan fingerprint density at radius 2 is 1.38 bits per heavy atom. The van der Waals surface area contributed by atoms with Gasteiger partial charge in [-0.15, -0.1) is 0 Å². The van der Waals surface area contributed by atoms with Crippen LogP contribution in [-0.4, -0.2) is 39.6 Å². The monoisotopic (exact) mass is 215 g/mol. The molecule has 0 fully saturated rings. The molecule has 0 atom stereocenters. The third-order valence-corrected chi connectivity index (χ3v) is 1.57. The third-order valence-electron chi connectivity index (χ3n) is 0.524. The largest absolute Gasteiger partial charge is 0.767 e. The highest BCUT2D eigenvalue weighted by molar-refractivity contribution is 6.26. The van der Waals surface area contributed by atoms with Crippen molar-refractivity contribution >= 4 is 9.17 Å². The lowest BCUT2D eigenvalue weighted by molar-refractivity contribution is 0.183. The maximum absolute atomic E-state index is 10.4. The molecule has 0 aliphatic heterocycles. The van der Waals surface area contributed by atoms with Gasteiger partial charge in [-0.3, -0.25) is 4.46 Å². The minimum absolute atomic E-state index is 0. The summed E-state index contributed by atoms with van der Waals surface area (Å²) in [4.78, 5) is 0. The summed E-state index contributed by atoms with van der Waals surface area (Å²) in [5, 5.41) is 7.57.